The molecule has 1 N–H and O–H groups in total. The van der Waals surface area contributed by atoms with Gasteiger partial charge in [-0.2, -0.15) is 0 Å². The molecule has 5 heteroatoms. The van der Waals surface area contributed by atoms with E-state index in [1.807, 2.05) is 19.1 Å². The highest BCUT2D eigenvalue weighted by Crippen LogP contribution is 2.25. The lowest BCUT2D eigenvalue weighted by atomic mass is 10.0. The number of aryl methyl sites for hydroxylation is 1. The van der Waals surface area contributed by atoms with E-state index in [4.69, 9.17) is 11.2 Å². The first-order valence-electron chi connectivity index (χ1n) is 9.19. The summed E-state index contributed by atoms with van der Waals surface area (Å²) in [7, 11) is 0. The summed E-state index contributed by atoms with van der Waals surface area (Å²) in [6.45, 7) is 5.57. The highest BCUT2D eigenvalue weighted by atomic mass is 19.1. The lowest BCUT2D eigenvalue weighted by molar-refractivity contribution is 0.0950. The third-order valence-corrected chi connectivity index (χ3v) is 4.23. The van der Waals surface area contributed by atoms with Gasteiger partial charge in [0.25, 0.3) is 5.91 Å². The van der Waals surface area contributed by atoms with Crippen LogP contribution in [-0.2, 0) is 6.54 Å². The minimum Gasteiger partial charge on any atom is -0.488 e. The fraction of sp³-hybridized carbons (Fsp3) is 0.208. The summed E-state index contributed by atoms with van der Waals surface area (Å²) < 4.78 is 33.7. The van der Waals surface area contributed by atoms with Gasteiger partial charge in [0.15, 0.2) is 17.4 Å². The zero-order chi connectivity index (χ0) is 21.2. The normalized spacial score (nSPS) is 10.6. The van der Waals surface area contributed by atoms with E-state index in [1.165, 1.54) is 6.07 Å². The van der Waals surface area contributed by atoms with Gasteiger partial charge < -0.3 is 10.1 Å². The molecule has 150 valence electrons. The molecular formula is C24H23F2NO2. The fourth-order valence-corrected chi connectivity index (χ4v) is 2.60. The number of rotatable bonds is 9. The number of benzene rings is 2. The molecule has 0 radical (unpaired) electrons. The molecule has 0 aliphatic heterocycles. The van der Waals surface area contributed by atoms with Crippen LogP contribution in [0.2, 0.25) is 0 Å². The maximum atomic E-state index is 14.6. The van der Waals surface area contributed by atoms with Crippen molar-refractivity contribution in [1.29, 1.82) is 0 Å². The summed E-state index contributed by atoms with van der Waals surface area (Å²) in [5.74, 6) is -0.00758. The van der Waals surface area contributed by atoms with Gasteiger partial charge in [-0.3, -0.25) is 4.79 Å². The SMILES string of the molecule is C#CCCCOc1c(F)ccc(CNC(=O)c2ccc(C)c(/C=C\C=C)c2)c1F. The second-order valence-electron chi connectivity index (χ2n) is 6.35. The molecule has 0 saturated carbocycles. The topological polar surface area (TPSA) is 38.3 Å². The molecule has 2 aromatic rings. The zero-order valence-corrected chi connectivity index (χ0v) is 16.3. The van der Waals surface area contributed by atoms with Crippen LogP contribution in [0.25, 0.3) is 6.08 Å². The Morgan fingerprint density at radius 3 is 2.83 bits per heavy atom. The lowest BCUT2D eigenvalue weighted by Gasteiger charge is -2.12. The quantitative estimate of drug-likeness (QED) is 0.360. The van der Waals surface area contributed by atoms with Crippen molar-refractivity contribution < 1.29 is 18.3 Å². The van der Waals surface area contributed by atoms with E-state index in [9.17, 15) is 13.6 Å². The summed E-state index contributed by atoms with van der Waals surface area (Å²) in [6, 6.07) is 7.67. The monoisotopic (exact) mass is 395 g/mol. The standard InChI is InChI=1S/C24H23F2NO2/c1-4-6-8-14-29-23-21(25)13-12-20(22(23)26)16-27-24(28)19-11-10-17(3)18(15-19)9-7-5-2/h1,5,7,9-13,15H,2,6,8,14,16H2,3H3,(H,27,28)/b9-7-. The number of ether oxygens (including phenoxy) is 1. The zero-order valence-electron chi connectivity index (χ0n) is 16.3. The maximum Gasteiger partial charge on any atom is 0.251 e. The Labute approximate surface area is 170 Å². The van der Waals surface area contributed by atoms with E-state index < -0.39 is 17.4 Å². The minimum atomic E-state index is -0.829. The molecule has 0 unspecified atom stereocenters. The number of carbonyl (C=O) groups is 1. The first kappa shape index (κ1) is 21.9. The van der Waals surface area contributed by atoms with Crippen LogP contribution in [0.15, 0.2) is 49.1 Å². The molecule has 1 amide bonds. The molecule has 2 rings (SSSR count). The van der Waals surface area contributed by atoms with Crippen molar-refractivity contribution in [1.82, 2.24) is 5.32 Å². The highest BCUT2D eigenvalue weighted by molar-refractivity contribution is 5.94. The number of hydrogen-bond acceptors (Lipinski definition) is 2. The largest absolute Gasteiger partial charge is 0.488 e. The Balaban J connectivity index is 2.09. The van der Waals surface area contributed by atoms with Gasteiger partial charge in [-0.05, 0) is 42.7 Å². The molecule has 3 nitrogen and oxygen atoms in total. The van der Waals surface area contributed by atoms with Crippen LogP contribution in [0.3, 0.4) is 0 Å². The summed E-state index contributed by atoms with van der Waals surface area (Å²) in [5, 5.41) is 2.65. The Morgan fingerprint density at radius 1 is 1.31 bits per heavy atom. The van der Waals surface area contributed by atoms with Gasteiger partial charge in [0.1, 0.15) is 0 Å². The Morgan fingerprint density at radius 2 is 2.10 bits per heavy atom. The van der Waals surface area contributed by atoms with Crippen molar-refractivity contribution in [2.24, 2.45) is 0 Å². The van der Waals surface area contributed by atoms with Crippen LogP contribution in [0, 0.1) is 30.9 Å². The Bertz CT molecular complexity index is 958. The second-order valence-corrected chi connectivity index (χ2v) is 6.35. The van der Waals surface area contributed by atoms with Crippen molar-refractivity contribution in [2.45, 2.75) is 26.3 Å². The van der Waals surface area contributed by atoms with Crippen LogP contribution >= 0.6 is 0 Å². The van der Waals surface area contributed by atoms with Crippen LogP contribution in [-0.4, -0.2) is 12.5 Å². The molecular weight excluding hydrogens is 372 g/mol. The smallest absolute Gasteiger partial charge is 0.251 e. The number of nitrogens with one attached hydrogen (secondary N) is 1. The van der Waals surface area contributed by atoms with Gasteiger partial charge in [-0.15, -0.1) is 12.3 Å². The van der Waals surface area contributed by atoms with E-state index in [0.29, 0.717) is 18.4 Å². The Kier molecular flexibility index (Phi) is 8.17. The van der Waals surface area contributed by atoms with Crippen molar-refractivity contribution >= 4 is 12.0 Å². The number of amides is 1. The third kappa shape index (κ3) is 6.05. The van der Waals surface area contributed by atoms with E-state index in [0.717, 1.165) is 17.2 Å². The van der Waals surface area contributed by atoms with Crippen LogP contribution in [0.5, 0.6) is 5.75 Å². The number of halogens is 2. The molecule has 0 aromatic heterocycles. The summed E-state index contributed by atoms with van der Waals surface area (Å²) >= 11 is 0. The molecule has 0 aliphatic rings. The van der Waals surface area contributed by atoms with Crippen molar-refractivity contribution in [3.63, 3.8) is 0 Å². The third-order valence-electron chi connectivity index (χ3n) is 4.23. The van der Waals surface area contributed by atoms with Gasteiger partial charge in [0.2, 0.25) is 0 Å². The first-order valence-corrected chi connectivity index (χ1v) is 9.19. The highest BCUT2D eigenvalue weighted by Gasteiger charge is 2.16. The minimum absolute atomic E-state index is 0.0998. The molecule has 0 atom stereocenters. The van der Waals surface area contributed by atoms with Crippen LogP contribution < -0.4 is 10.1 Å². The molecule has 0 saturated heterocycles. The molecule has 0 aliphatic carbocycles. The molecule has 29 heavy (non-hydrogen) atoms. The molecule has 0 heterocycles. The molecule has 0 bridgehead atoms. The Hall–Kier alpha value is -3.39. The predicted octanol–water partition coefficient (Wildman–Crippen LogP) is 5.19. The average Bonchev–Trinajstić information content (AvgIpc) is 2.71. The van der Waals surface area contributed by atoms with E-state index in [2.05, 4.69) is 17.8 Å². The predicted molar refractivity (Wildman–Crippen MR) is 112 cm³/mol. The van der Waals surface area contributed by atoms with Crippen molar-refractivity contribution in [3.05, 3.63) is 83.0 Å². The van der Waals surface area contributed by atoms with E-state index in [1.54, 1.807) is 24.3 Å². The van der Waals surface area contributed by atoms with Gasteiger partial charge >= 0.3 is 0 Å². The summed E-state index contributed by atoms with van der Waals surface area (Å²) in [4.78, 5) is 12.5. The van der Waals surface area contributed by atoms with Gasteiger partial charge in [-0.1, -0.05) is 36.9 Å². The van der Waals surface area contributed by atoms with Gasteiger partial charge in [-0.25, -0.2) is 8.78 Å². The maximum absolute atomic E-state index is 14.6. The molecule has 2 aromatic carbocycles. The van der Waals surface area contributed by atoms with Gasteiger partial charge in [0, 0.05) is 24.1 Å². The van der Waals surface area contributed by atoms with Crippen LogP contribution in [0.1, 0.15) is 39.9 Å². The van der Waals surface area contributed by atoms with E-state index >= 15 is 0 Å². The number of allylic oxidation sites excluding steroid dienone is 2. The number of carbonyl (C=O) groups excluding carboxylic acids is 1. The lowest BCUT2D eigenvalue weighted by Crippen LogP contribution is -2.23. The summed E-state index contributed by atoms with van der Waals surface area (Å²) in [5.41, 5.74) is 2.46. The molecule has 0 spiro atoms. The molecule has 0 fully saturated rings. The van der Waals surface area contributed by atoms with E-state index in [-0.39, 0.29) is 24.6 Å². The van der Waals surface area contributed by atoms with Crippen molar-refractivity contribution in [2.75, 3.05) is 6.61 Å². The number of unbranched alkanes of at least 4 members (excludes halogenated alkanes) is 1. The number of terminal acetylenes is 1. The van der Waals surface area contributed by atoms with Crippen molar-refractivity contribution in [3.8, 4) is 18.1 Å². The second kappa shape index (κ2) is 10.8. The number of hydrogen-bond donors (Lipinski definition) is 1. The fourth-order valence-electron chi connectivity index (χ4n) is 2.60. The summed E-state index contributed by atoms with van der Waals surface area (Å²) in [6.07, 6.45) is 11.4. The van der Waals surface area contributed by atoms with Crippen LogP contribution in [0.4, 0.5) is 8.78 Å². The van der Waals surface area contributed by atoms with Gasteiger partial charge in [0.05, 0.1) is 6.61 Å². The average molecular weight is 395 g/mol. The first-order chi connectivity index (χ1) is 14.0.